The van der Waals surface area contributed by atoms with Crippen LogP contribution in [0.1, 0.15) is 420 Å². The van der Waals surface area contributed by atoms with Gasteiger partial charge in [0.25, 0.3) is 0 Å². The number of rotatable bonds is 63. The smallest absolute Gasteiger partial charge is 0.306 e. The summed E-state index contributed by atoms with van der Waals surface area (Å²) in [5.74, 6) is -2.17. The van der Waals surface area contributed by atoms with E-state index >= 15 is 0 Å². The molecule has 0 saturated heterocycles. The molecule has 0 aromatic rings. The highest BCUT2D eigenvalue weighted by atomic mass is 16.5. The number of unbranched alkanes of at least 4 members (excludes halogenated alkanes) is 46. The minimum absolute atomic E-state index is 0.0215. The Morgan fingerprint density at radius 2 is 0.482 bits per heavy atom. The fourth-order valence-corrected chi connectivity index (χ4v) is 10.5. The van der Waals surface area contributed by atoms with Gasteiger partial charge in [0.2, 0.25) is 0 Å². The summed E-state index contributed by atoms with van der Waals surface area (Å²) in [6.07, 6.45) is 70.3. The molecule has 496 valence electrons. The second-order valence-electron chi connectivity index (χ2n) is 25.2. The molecule has 0 aliphatic carbocycles. The molecular weight excluding hydrogens is 1040 g/mol. The summed E-state index contributed by atoms with van der Waals surface area (Å²) in [6, 6.07) is 0. The van der Waals surface area contributed by atoms with Crippen LogP contribution in [-0.4, -0.2) is 56.9 Å². The quantitative estimate of drug-likeness (QED) is 0.0339. The van der Waals surface area contributed by atoms with E-state index < -0.39 is 23.9 Å². The zero-order chi connectivity index (χ0) is 62.2. The molecule has 0 heterocycles. The van der Waals surface area contributed by atoms with Crippen molar-refractivity contribution in [1.82, 2.24) is 0 Å². The van der Waals surface area contributed by atoms with Crippen molar-refractivity contribution in [3.8, 4) is 0 Å². The highest BCUT2D eigenvalue weighted by Crippen LogP contribution is 2.19. The molecule has 10 nitrogen and oxygen atoms in total. The zero-order valence-corrected chi connectivity index (χ0v) is 56.3. The van der Waals surface area contributed by atoms with Crippen LogP contribution in [0.4, 0.5) is 0 Å². The van der Waals surface area contributed by atoms with E-state index in [1.54, 1.807) is 0 Å². The number of ether oxygens (including phenoxy) is 1. The van der Waals surface area contributed by atoms with Gasteiger partial charge in [-0.25, -0.2) is 0 Å². The van der Waals surface area contributed by atoms with Crippen molar-refractivity contribution in [3.63, 3.8) is 0 Å². The number of carboxylic acid groups (broad SMARTS) is 4. The first-order chi connectivity index (χ1) is 40.3. The molecule has 0 aromatic heterocycles. The first-order valence-corrected chi connectivity index (χ1v) is 36.3. The molecule has 0 aliphatic heterocycles. The number of esters is 1. The molecule has 0 bridgehead atoms. The highest BCUT2D eigenvalue weighted by Gasteiger charge is 2.16. The molecule has 0 aliphatic rings. The van der Waals surface area contributed by atoms with Crippen LogP contribution in [0.2, 0.25) is 0 Å². The normalized spacial score (nSPS) is 11.3. The SMILES string of the molecule is CCCCC(CCCCCC(=O)O)C(=O)O.CCCCCCCCCCCCCCCC(=O)O.CCCCCCCCCCCCCCCC(=O)O.CCCCCCCCCCCCCCCC(=O)OCCCCCCCCCCC(C)C. The first-order valence-electron chi connectivity index (χ1n) is 36.3. The molecule has 0 amide bonds. The van der Waals surface area contributed by atoms with E-state index in [1.807, 2.05) is 6.92 Å². The topological polar surface area (TPSA) is 175 Å². The maximum atomic E-state index is 11.8. The largest absolute Gasteiger partial charge is 0.481 e. The number of carbonyl (C=O) groups is 5. The molecular formula is C73H144O10. The first kappa shape index (κ1) is 86.8. The van der Waals surface area contributed by atoms with E-state index in [-0.39, 0.29) is 18.3 Å². The van der Waals surface area contributed by atoms with Gasteiger partial charge in [-0.2, -0.15) is 0 Å². The van der Waals surface area contributed by atoms with Gasteiger partial charge in [0, 0.05) is 25.7 Å². The van der Waals surface area contributed by atoms with E-state index in [0.29, 0.717) is 38.7 Å². The lowest BCUT2D eigenvalue weighted by Gasteiger charge is -2.10. The van der Waals surface area contributed by atoms with Crippen LogP contribution in [0.3, 0.4) is 0 Å². The second-order valence-corrected chi connectivity index (χ2v) is 25.2. The van der Waals surface area contributed by atoms with Crippen LogP contribution in [0.5, 0.6) is 0 Å². The average Bonchev–Trinajstić information content (AvgIpc) is 3.45. The summed E-state index contributed by atoms with van der Waals surface area (Å²) in [4.78, 5) is 53.5. The Hall–Kier alpha value is -2.65. The summed E-state index contributed by atoms with van der Waals surface area (Å²) >= 11 is 0. The maximum absolute atomic E-state index is 11.8. The van der Waals surface area contributed by atoms with E-state index in [4.69, 9.17) is 25.2 Å². The minimum Gasteiger partial charge on any atom is -0.481 e. The van der Waals surface area contributed by atoms with Crippen LogP contribution in [0.15, 0.2) is 0 Å². The van der Waals surface area contributed by atoms with Crippen molar-refractivity contribution in [2.45, 2.75) is 420 Å². The Morgan fingerprint density at radius 3 is 0.747 bits per heavy atom. The van der Waals surface area contributed by atoms with Crippen LogP contribution >= 0.6 is 0 Å². The molecule has 0 rings (SSSR count). The van der Waals surface area contributed by atoms with Crippen molar-refractivity contribution >= 4 is 29.8 Å². The van der Waals surface area contributed by atoms with Crippen molar-refractivity contribution in [2.24, 2.45) is 11.8 Å². The summed E-state index contributed by atoms with van der Waals surface area (Å²) < 4.78 is 5.39. The number of hydrogen-bond donors (Lipinski definition) is 4. The van der Waals surface area contributed by atoms with Crippen molar-refractivity contribution in [3.05, 3.63) is 0 Å². The predicted molar refractivity (Wildman–Crippen MR) is 355 cm³/mol. The van der Waals surface area contributed by atoms with E-state index in [2.05, 4.69) is 34.6 Å². The highest BCUT2D eigenvalue weighted by molar-refractivity contribution is 5.70. The van der Waals surface area contributed by atoms with E-state index in [9.17, 15) is 24.0 Å². The van der Waals surface area contributed by atoms with Gasteiger partial charge < -0.3 is 25.2 Å². The second kappa shape index (κ2) is 77.4. The molecule has 0 aromatic carbocycles. The summed E-state index contributed by atoms with van der Waals surface area (Å²) in [6.45, 7) is 14.1. The monoisotopic (exact) mass is 1180 g/mol. The number of aliphatic carboxylic acids is 4. The van der Waals surface area contributed by atoms with Gasteiger partial charge in [-0.05, 0) is 50.9 Å². The molecule has 0 fully saturated rings. The molecule has 0 spiro atoms. The third kappa shape index (κ3) is 90.7. The Balaban J connectivity index is -0.000000523. The van der Waals surface area contributed by atoms with Crippen molar-refractivity contribution < 1.29 is 49.1 Å². The minimum atomic E-state index is -0.777. The van der Waals surface area contributed by atoms with Gasteiger partial charge in [0.05, 0.1) is 12.5 Å². The third-order valence-electron chi connectivity index (χ3n) is 16.1. The number of carbonyl (C=O) groups excluding carboxylic acids is 1. The summed E-state index contributed by atoms with van der Waals surface area (Å²) in [5, 5.41) is 34.4. The van der Waals surface area contributed by atoms with Gasteiger partial charge in [-0.1, -0.05) is 350 Å². The average molecular weight is 1180 g/mol. The number of hydrogen-bond acceptors (Lipinski definition) is 6. The zero-order valence-electron chi connectivity index (χ0n) is 56.3. The van der Waals surface area contributed by atoms with E-state index in [1.165, 1.54) is 270 Å². The lowest BCUT2D eigenvalue weighted by molar-refractivity contribution is -0.144. The molecule has 1 atom stereocenters. The summed E-state index contributed by atoms with van der Waals surface area (Å²) in [7, 11) is 0. The fraction of sp³-hybridized carbons (Fsp3) is 0.932. The van der Waals surface area contributed by atoms with Gasteiger partial charge in [0.15, 0.2) is 0 Å². The van der Waals surface area contributed by atoms with Gasteiger partial charge in [-0.15, -0.1) is 0 Å². The molecule has 0 radical (unpaired) electrons. The van der Waals surface area contributed by atoms with Crippen LogP contribution in [-0.2, 0) is 28.7 Å². The Bertz CT molecular complexity index is 1260. The molecule has 10 heteroatoms. The van der Waals surface area contributed by atoms with Crippen LogP contribution in [0, 0.1) is 11.8 Å². The van der Waals surface area contributed by atoms with Gasteiger partial charge in [0.1, 0.15) is 0 Å². The summed E-state index contributed by atoms with van der Waals surface area (Å²) in [5.41, 5.74) is 0. The fourth-order valence-electron chi connectivity index (χ4n) is 10.5. The van der Waals surface area contributed by atoms with Gasteiger partial charge in [-0.3, -0.25) is 24.0 Å². The standard InChI is InChI=1S/C29H58O2.2C16H32O2.C12H22O4/c1-4-5-6-7-8-9-10-11-12-13-17-20-23-26-29(30)31-27-24-21-18-15-14-16-19-22-25-28(2)3;2*1-2-3-4-5-6-7-8-9-10-11-12-13-14-15-16(17)18;1-2-3-7-10(12(15)16)8-5-4-6-9-11(13)14/h28H,4-27H2,1-3H3;2*2-15H2,1H3,(H,17,18);10H,2-9H2,1H3,(H,13,14)(H,15,16). The van der Waals surface area contributed by atoms with Crippen LogP contribution in [0.25, 0.3) is 0 Å². The molecule has 1 unspecified atom stereocenters. The molecule has 0 saturated carbocycles. The number of carboxylic acids is 4. The Morgan fingerprint density at radius 1 is 0.265 bits per heavy atom. The van der Waals surface area contributed by atoms with E-state index in [0.717, 1.165) is 76.5 Å². The lowest BCUT2D eigenvalue weighted by atomic mass is 9.95. The Kier molecular flexibility index (Phi) is 80.9. The van der Waals surface area contributed by atoms with Crippen molar-refractivity contribution in [1.29, 1.82) is 0 Å². The lowest BCUT2D eigenvalue weighted by Crippen LogP contribution is -2.13. The Labute approximate surface area is 515 Å². The third-order valence-corrected chi connectivity index (χ3v) is 16.1. The van der Waals surface area contributed by atoms with Crippen LogP contribution < -0.4 is 0 Å². The van der Waals surface area contributed by atoms with Gasteiger partial charge >= 0.3 is 29.8 Å². The van der Waals surface area contributed by atoms with Crippen molar-refractivity contribution in [2.75, 3.05) is 6.61 Å². The maximum Gasteiger partial charge on any atom is 0.306 e. The molecule has 4 N–H and O–H groups in total. The molecule has 83 heavy (non-hydrogen) atoms. The predicted octanol–water partition coefficient (Wildman–Crippen LogP) is 24.2.